The molecule has 2 heterocycles. The lowest BCUT2D eigenvalue weighted by atomic mass is 10.2. The molecule has 1 saturated carbocycles. The van der Waals surface area contributed by atoms with Gasteiger partial charge in [0.15, 0.2) is 11.6 Å². The number of nitrogens with zero attached hydrogens (tertiary/aromatic N) is 3. The maximum atomic E-state index is 13.8. The molecule has 1 N–H and O–H groups in total. The first-order valence-electron chi connectivity index (χ1n) is 10.2. The topological polar surface area (TPSA) is 86.2 Å². The number of anilines is 1. The highest BCUT2D eigenvalue weighted by Crippen LogP contribution is 2.26. The van der Waals surface area contributed by atoms with Gasteiger partial charge in [0.25, 0.3) is 5.91 Å². The zero-order chi connectivity index (χ0) is 21.8. The van der Waals surface area contributed by atoms with Gasteiger partial charge in [-0.15, -0.1) is 0 Å². The van der Waals surface area contributed by atoms with E-state index in [1.165, 1.54) is 31.2 Å². The van der Waals surface area contributed by atoms with Gasteiger partial charge in [0.1, 0.15) is 6.10 Å². The van der Waals surface area contributed by atoms with Crippen LogP contribution < -0.4 is 14.8 Å². The fourth-order valence-electron chi connectivity index (χ4n) is 3.48. The standard InChI is InChI=1S/C23H23FN4O3/c1-14-21(15(2)27-23(26-14)31-19-10-6-5-9-18(19)24)28-22(29)16-11-12-20(25-13-16)30-17-7-3-4-8-17/h5-6,9-13,17H,3-4,7-8H2,1-2H3,(H,28,29). The minimum atomic E-state index is -0.508. The average molecular weight is 422 g/mol. The summed E-state index contributed by atoms with van der Waals surface area (Å²) in [7, 11) is 0. The molecule has 3 aromatic rings. The summed E-state index contributed by atoms with van der Waals surface area (Å²) in [6, 6.07) is 9.40. The molecule has 160 valence electrons. The minimum Gasteiger partial charge on any atom is -0.474 e. The van der Waals surface area contributed by atoms with Gasteiger partial charge in [0.2, 0.25) is 5.88 Å². The number of halogens is 1. The predicted molar refractivity (Wildman–Crippen MR) is 113 cm³/mol. The molecule has 1 fully saturated rings. The second kappa shape index (κ2) is 9.07. The lowest BCUT2D eigenvalue weighted by molar-refractivity contribution is 0.102. The molecule has 2 aromatic heterocycles. The van der Waals surface area contributed by atoms with Crippen LogP contribution in [-0.4, -0.2) is 27.0 Å². The smallest absolute Gasteiger partial charge is 0.322 e. The number of amides is 1. The third-order valence-electron chi connectivity index (χ3n) is 5.11. The lowest BCUT2D eigenvalue weighted by Gasteiger charge is -2.14. The van der Waals surface area contributed by atoms with E-state index in [-0.39, 0.29) is 23.8 Å². The molecule has 0 bridgehead atoms. The van der Waals surface area contributed by atoms with Gasteiger partial charge in [0.05, 0.1) is 22.6 Å². The van der Waals surface area contributed by atoms with E-state index < -0.39 is 5.82 Å². The maximum absolute atomic E-state index is 13.8. The number of nitrogens with one attached hydrogen (secondary N) is 1. The van der Waals surface area contributed by atoms with E-state index in [1.807, 2.05) is 0 Å². The number of hydrogen-bond acceptors (Lipinski definition) is 6. The van der Waals surface area contributed by atoms with Crippen molar-refractivity contribution in [2.75, 3.05) is 5.32 Å². The van der Waals surface area contributed by atoms with Gasteiger partial charge in [-0.3, -0.25) is 4.79 Å². The van der Waals surface area contributed by atoms with Crippen molar-refractivity contribution in [3.05, 3.63) is 65.4 Å². The van der Waals surface area contributed by atoms with Crippen LogP contribution in [0.4, 0.5) is 10.1 Å². The predicted octanol–water partition coefficient (Wildman–Crippen LogP) is 4.99. The van der Waals surface area contributed by atoms with E-state index in [4.69, 9.17) is 9.47 Å². The number of aromatic nitrogens is 3. The van der Waals surface area contributed by atoms with Crippen LogP contribution in [0.5, 0.6) is 17.6 Å². The third-order valence-corrected chi connectivity index (χ3v) is 5.11. The van der Waals surface area contributed by atoms with Crippen LogP contribution in [0.15, 0.2) is 42.6 Å². The third kappa shape index (κ3) is 4.96. The molecule has 1 aliphatic rings. The molecule has 8 heteroatoms. The zero-order valence-electron chi connectivity index (χ0n) is 17.4. The summed E-state index contributed by atoms with van der Waals surface area (Å²) < 4.78 is 25.1. The van der Waals surface area contributed by atoms with Crippen LogP contribution in [0.3, 0.4) is 0 Å². The van der Waals surface area contributed by atoms with Gasteiger partial charge in [-0.05, 0) is 57.7 Å². The molecule has 0 atom stereocenters. The van der Waals surface area contributed by atoms with E-state index in [9.17, 15) is 9.18 Å². The van der Waals surface area contributed by atoms with Crippen molar-refractivity contribution in [3.8, 4) is 17.6 Å². The number of para-hydroxylation sites is 1. The summed E-state index contributed by atoms with van der Waals surface area (Å²) in [5.74, 6) is -0.290. The van der Waals surface area contributed by atoms with Crippen molar-refractivity contribution in [2.24, 2.45) is 0 Å². The molecule has 0 radical (unpaired) electrons. The Morgan fingerprint density at radius 3 is 2.42 bits per heavy atom. The van der Waals surface area contributed by atoms with E-state index >= 15 is 0 Å². The summed E-state index contributed by atoms with van der Waals surface area (Å²) in [5, 5.41) is 2.82. The van der Waals surface area contributed by atoms with Crippen LogP contribution in [-0.2, 0) is 0 Å². The van der Waals surface area contributed by atoms with Crippen LogP contribution in [0, 0.1) is 19.7 Å². The summed E-state index contributed by atoms with van der Waals surface area (Å²) in [5.41, 5.74) is 1.86. The van der Waals surface area contributed by atoms with Crippen LogP contribution >= 0.6 is 0 Å². The Morgan fingerprint density at radius 1 is 1.06 bits per heavy atom. The number of carbonyl (C=O) groups is 1. The van der Waals surface area contributed by atoms with E-state index in [0.29, 0.717) is 28.5 Å². The number of rotatable bonds is 6. The number of carbonyl (C=O) groups excluding carboxylic acids is 1. The van der Waals surface area contributed by atoms with Gasteiger partial charge in [-0.25, -0.2) is 9.37 Å². The van der Waals surface area contributed by atoms with Crippen LogP contribution in [0.1, 0.15) is 47.4 Å². The Balaban J connectivity index is 1.44. The highest BCUT2D eigenvalue weighted by molar-refractivity contribution is 6.04. The van der Waals surface area contributed by atoms with Gasteiger partial charge in [-0.1, -0.05) is 12.1 Å². The van der Waals surface area contributed by atoms with Crippen molar-refractivity contribution >= 4 is 11.6 Å². The number of hydrogen-bond donors (Lipinski definition) is 1. The molecule has 0 unspecified atom stereocenters. The fourth-order valence-corrected chi connectivity index (χ4v) is 3.48. The van der Waals surface area contributed by atoms with Crippen LogP contribution in [0.25, 0.3) is 0 Å². The number of pyridine rings is 1. The normalized spacial score (nSPS) is 13.8. The first kappa shape index (κ1) is 20.7. The molecule has 1 amide bonds. The SMILES string of the molecule is Cc1nc(Oc2ccccc2F)nc(C)c1NC(=O)c1ccc(OC2CCCC2)nc1. The van der Waals surface area contributed by atoms with E-state index in [0.717, 1.165) is 12.8 Å². The number of ether oxygens (including phenoxy) is 2. The first-order valence-corrected chi connectivity index (χ1v) is 10.2. The quantitative estimate of drug-likeness (QED) is 0.602. The van der Waals surface area contributed by atoms with E-state index in [1.54, 1.807) is 38.1 Å². The molecule has 1 aromatic carbocycles. The molecule has 0 spiro atoms. The van der Waals surface area contributed by atoms with Gasteiger partial charge >= 0.3 is 6.01 Å². The summed E-state index contributed by atoms with van der Waals surface area (Å²) in [6.45, 7) is 3.44. The maximum Gasteiger partial charge on any atom is 0.322 e. The Hall–Kier alpha value is -3.55. The second-order valence-corrected chi connectivity index (χ2v) is 7.45. The van der Waals surface area contributed by atoms with Crippen molar-refractivity contribution < 1.29 is 18.7 Å². The highest BCUT2D eigenvalue weighted by Gasteiger charge is 2.18. The van der Waals surface area contributed by atoms with Crippen molar-refractivity contribution in [1.82, 2.24) is 15.0 Å². The molecule has 0 aliphatic heterocycles. The Morgan fingerprint density at radius 2 is 1.77 bits per heavy atom. The summed E-state index contributed by atoms with van der Waals surface area (Å²) >= 11 is 0. The molecule has 4 rings (SSSR count). The molecule has 7 nitrogen and oxygen atoms in total. The molecular weight excluding hydrogens is 399 g/mol. The summed E-state index contributed by atoms with van der Waals surface area (Å²) in [4.78, 5) is 25.4. The molecule has 1 aliphatic carbocycles. The zero-order valence-corrected chi connectivity index (χ0v) is 17.4. The number of benzene rings is 1. The molecule has 0 saturated heterocycles. The Kier molecular flexibility index (Phi) is 6.06. The second-order valence-electron chi connectivity index (χ2n) is 7.45. The average Bonchev–Trinajstić information content (AvgIpc) is 3.26. The fraction of sp³-hybridized carbons (Fsp3) is 0.304. The van der Waals surface area contributed by atoms with Crippen molar-refractivity contribution in [3.63, 3.8) is 0 Å². The van der Waals surface area contributed by atoms with Crippen LogP contribution in [0.2, 0.25) is 0 Å². The van der Waals surface area contributed by atoms with E-state index in [2.05, 4.69) is 20.3 Å². The van der Waals surface area contributed by atoms with Gasteiger partial charge in [-0.2, -0.15) is 9.97 Å². The Bertz CT molecular complexity index is 1060. The first-order chi connectivity index (χ1) is 15.0. The monoisotopic (exact) mass is 422 g/mol. The lowest BCUT2D eigenvalue weighted by Crippen LogP contribution is -2.16. The minimum absolute atomic E-state index is 0.00757. The van der Waals surface area contributed by atoms with Crippen molar-refractivity contribution in [2.45, 2.75) is 45.6 Å². The molecule has 31 heavy (non-hydrogen) atoms. The summed E-state index contributed by atoms with van der Waals surface area (Å²) in [6.07, 6.45) is 6.13. The van der Waals surface area contributed by atoms with Gasteiger partial charge < -0.3 is 14.8 Å². The highest BCUT2D eigenvalue weighted by atomic mass is 19.1. The van der Waals surface area contributed by atoms with Gasteiger partial charge in [0, 0.05) is 12.3 Å². The Labute approximate surface area is 179 Å². The molecular formula is C23H23FN4O3. The van der Waals surface area contributed by atoms with Crippen molar-refractivity contribution in [1.29, 1.82) is 0 Å². The number of aryl methyl sites for hydroxylation is 2. The largest absolute Gasteiger partial charge is 0.474 e.